The van der Waals surface area contributed by atoms with E-state index in [4.69, 9.17) is 9.10 Å². The van der Waals surface area contributed by atoms with Crippen LogP contribution >= 0.6 is 11.3 Å². The van der Waals surface area contributed by atoms with E-state index in [1.807, 2.05) is 36.4 Å². The Morgan fingerprint density at radius 3 is 1.72 bits per heavy atom. The minimum absolute atomic E-state index is 0.301. The molecule has 9 aromatic rings. The Bertz CT molecular complexity index is 2660. The fraction of sp³-hybridized carbons (Fsp3) is 0.0227. The molecule has 0 radical (unpaired) electrons. The maximum atomic E-state index is 8.48. The second kappa shape index (κ2) is 11.2. The van der Waals surface area contributed by atoms with Crippen molar-refractivity contribution in [2.24, 2.45) is 0 Å². The molecule has 0 N–H and O–H groups in total. The van der Waals surface area contributed by atoms with Gasteiger partial charge in [0, 0.05) is 9.68 Å². The summed E-state index contributed by atoms with van der Waals surface area (Å²) in [7, 11) is 0. The summed E-state index contributed by atoms with van der Waals surface area (Å²) < 4.78 is 28.7. The molecule has 2 nitrogen and oxygen atoms in total. The first kappa shape index (κ1) is 24.5. The molecule has 0 aliphatic carbocycles. The van der Waals surface area contributed by atoms with Crippen LogP contribution in [0.5, 0.6) is 0 Å². The Kier molecular flexibility index (Phi) is 5.85. The average molecular weight is 622 g/mol. The SMILES string of the molecule is [2H]C([2H])([2H])c1ccc2c(nc3sc4ccccc4n32)c1-c1ccc(-c2cc(-c3ccccc3)cc(-c3ccccc3)c2-c2ccccc2)cc1. The van der Waals surface area contributed by atoms with Gasteiger partial charge in [-0.25, -0.2) is 4.98 Å². The van der Waals surface area contributed by atoms with E-state index in [0.717, 1.165) is 70.8 Å². The second-order valence-corrected chi connectivity index (χ2v) is 12.8. The van der Waals surface area contributed by atoms with E-state index in [2.05, 4.69) is 126 Å². The van der Waals surface area contributed by atoms with E-state index in [1.54, 1.807) is 17.4 Å². The van der Waals surface area contributed by atoms with Gasteiger partial charge in [-0.1, -0.05) is 145 Å². The monoisotopic (exact) mass is 621 g/mol. The predicted molar refractivity (Wildman–Crippen MR) is 200 cm³/mol. The van der Waals surface area contributed by atoms with Crippen LogP contribution < -0.4 is 0 Å². The second-order valence-electron chi connectivity index (χ2n) is 11.8. The van der Waals surface area contributed by atoms with E-state index in [-0.39, 0.29) is 0 Å². The number of hydrogen-bond donors (Lipinski definition) is 0. The van der Waals surface area contributed by atoms with Crippen LogP contribution in [0, 0.1) is 6.85 Å². The minimum Gasteiger partial charge on any atom is -0.283 e. The van der Waals surface area contributed by atoms with Gasteiger partial charge in [-0.3, -0.25) is 4.40 Å². The summed E-state index contributed by atoms with van der Waals surface area (Å²) in [5.74, 6) is 0. The van der Waals surface area contributed by atoms with E-state index in [0.29, 0.717) is 16.6 Å². The molecule has 0 unspecified atom stereocenters. The van der Waals surface area contributed by atoms with E-state index in [1.165, 1.54) is 0 Å². The molecule has 7 aromatic carbocycles. The highest BCUT2D eigenvalue weighted by Gasteiger charge is 2.19. The van der Waals surface area contributed by atoms with Gasteiger partial charge >= 0.3 is 0 Å². The van der Waals surface area contributed by atoms with Gasteiger partial charge in [0.05, 0.1) is 21.3 Å². The lowest BCUT2D eigenvalue weighted by molar-refractivity contribution is 1.34. The lowest BCUT2D eigenvalue weighted by Gasteiger charge is -2.19. The fourth-order valence-corrected chi connectivity index (χ4v) is 7.82. The zero-order chi connectivity index (χ0) is 33.8. The van der Waals surface area contributed by atoms with Crippen molar-refractivity contribution in [3.8, 4) is 55.6 Å². The number of aromatic nitrogens is 2. The molecule has 0 spiro atoms. The third kappa shape index (κ3) is 4.67. The first-order valence-corrected chi connectivity index (χ1v) is 16.5. The summed E-state index contributed by atoms with van der Waals surface area (Å²) in [6.07, 6.45) is 0. The van der Waals surface area contributed by atoms with Crippen LogP contribution in [0.3, 0.4) is 0 Å². The average Bonchev–Trinajstić information content (AvgIpc) is 3.71. The lowest BCUT2D eigenvalue weighted by atomic mass is 9.84. The Labute approximate surface area is 282 Å². The number of benzene rings is 7. The molecule has 0 aliphatic heterocycles. The van der Waals surface area contributed by atoms with Gasteiger partial charge in [0.2, 0.25) is 0 Å². The number of hydrogen-bond acceptors (Lipinski definition) is 2. The topological polar surface area (TPSA) is 17.3 Å². The van der Waals surface area contributed by atoms with Gasteiger partial charge in [-0.2, -0.15) is 0 Å². The summed E-state index contributed by atoms with van der Waals surface area (Å²) in [6, 6.07) is 56.4. The Morgan fingerprint density at radius 1 is 0.489 bits per heavy atom. The molecule has 2 aromatic heterocycles. The molecule has 3 heteroatoms. The minimum atomic E-state index is -2.31. The molecule has 47 heavy (non-hydrogen) atoms. The molecule has 0 atom stereocenters. The van der Waals surface area contributed by atoms with Crippen LogP contribution in [-0.4, -0.2) is 9.38 Å². The summed E-state index contributed by atoms with van der Waals surface area (Å²) in [6.45, 7) is -2.31. The van der Waals surface area contributed by atoms with Crippen molar-refractivity contribution < 1.29 is 4.11 Å². The number of para-hydroxylation sites is 1. The highest BCUT2D eigenvalue weighted by molar-refractivity contribution is 7.23. The maximum absolute atomic E-state index is 8.48. The molecule has 0 saturated carbocycles. The molecule has 0 fully saturated rings. The van der Waals surface area contributed by atoms with Gasteiger partial charge in [0.25, 0.3) is 0 Å². The van der Waals surface area contributed by atoms with Crippen LogP contribution in [0.1, 0.15) is 9.68 Å². The summed E-state index contributed by atoms with van der Waals surface area (Å²) in [4.78, 5) is 5.91. The van der Waals surface area contributed by atoms with Crippen molar-refractivity contribution in [2.45, 2.75) is 6.85 Å². The zero-order valence-corrected chi connectivity index (χ0v) is 26.2. The van der Waals surface area contributed by atoms with Crippen molar-refractivity contribution in [1.82, 2.24) is 9.38 Å². The summed E-state index contributed by atoms with van der Waals surface area (Å²) in [5, 5.41) is 0. The number of nitrogens with zero attached hydrogens (tertiary/aromatic N) is 2. The van der Waals surface area contributed by atoms with Gasteiger partial charge in [-0.05, 0) is 92.8 Å². The first-order chi connectivity index (χ1) is 24.4. The van der Waals surface area contributed by atoms with E-state index >= 15 is 0 Å². The van der Waals surface area contributed by atoms with Gasteiger partial charge in [0.1, 0.15) is 0 Å². The van der Waals surface area contributed by atoms with Gasteiger partial charge in [0.15, 0.2) is 4.96 Å². The third-order valence-electron chi connectivity index (χ3n) is 8.98. The smallest absolute Gasteiger partial charge is 0.195 e. The van der Waals surface area contributed by atoms with Crippen molar-refractivity contribution in [3.63, 3.8) is 0 Å². The normalized spacial score (nSPS) is 12.7. The number of aryl methyl sites for hydroxylation is 1. The van der Waals surface area contributed by atoms with Crippen LogP contribution in [0.25, 0.3) is 81.8 Å². The molecular formula is C44H30N2S. The number of imidazole rings is 1. The van der Waals surface area contributed by atoms with Crippen LogP contribution in [0.4, 0.5) is 0 Å². The third-order valence-corrected chi connectivity index (χ3v) is 10.0. The molecule has 9 rings (SSSR count). The molecule has 0 bridgehead atoms. The molecule has 222 valence electrons. The van der Waals surface area contributed by atoms with Crippen molar-refractivity contribution in [3.05, 3.63) is 169 Å². The molecule has 0 saturated heterocycles. The maximum Gasteiger partial charge on any atom is 0.195 e. The highest BCUT2D eigenvalue weighted by Crippen LogP contribution is 2.44. The summed E-state index contributed by atoms with van der Waals surface area (Å²) in [5.41, 5.74) is 13.4. The Morgan fingerprint density at radius 2 is 1.04 bits per heavy atom. The first-order valence-electron chi connectivity index (χ1n) is 17.2. The quantitative estimate of drug-likeness (QED) is 0.187. The Balaban J connectivity index is 1.28. The van der Waals surface area contributed by atoms with Crippen LogP contribution in [-0.2, 0) is 0 Å². The molecule has 2 heterocycles. The van der Waals surface area contributed by atoms with E-state index < -0.39 is 6.85 Å². The van der Waals surface area contributed by atoms with Gasteiger partial charge in [-0.15, -0.1) is 0 Å². The van der Waals surface area contributed by atoms with Crippen molar-refractivity contribution >= 4 is 37.5 Å². The molecular weight excluding hydrogens is 589 g/mol. The lowest BCUT2D eigenvalue weighted by Crippen LogP contribution is -1.93. The zero-order valence-electron chi connectivity index (χ0n) is 28.4. The van der Waals surface area contributed by atoms with E-state index in [9.17, 15) is 0 Å². The van der Waals surface area contributed by atoms with Crippen LogP contribution in [0.15, 0.2) is 164 Å². The predicted octanol–water partition coefficient (Wildman–Crippen LogP) is 12.3. The standard InChI is InChI=1S/C44H30N2S/c1-29-21-26-39-43(45-44-46(39)38-19-11-12-20-40(38)47-44)41(29)34-24-22-32(23-25-34)37-28-35(30-13-5-2-6-14-30)27-36(31-15-7-3-8-16-31)42(37)33-17-9-4-10-18-33/h2-28H,1H3/i1D3. The number of fused-ring (bicyclic) bond motifs is 5. The van der Waals surface area contributed by atoms with Crippen LogP contribution in [0.2, 0.25) is 0 Å². The number of thiazole rings is 1. The highest BCUT2D eigenvalue weighted by atomic mass is 32.1. The van der Waals surface area contributed by atoms with Gasteiger partial charge < -0.3 is 0 Å². The number of rotatable bonds is 5. The molecule has 0 aliphatic rings. The fourth-order valence-electron chi connectivity index (χ4n) is 6.79. The molecule has 0 amide bonds. The summed E-state index contributed by atoms with van der Waals surface area (Å²) >= 11 is 1.61. The largest absolute Gasteiger partial charge is 0.283 e. The van der Waals surface area contributed by atoms with Crippen molar-refractivity contribution in [1.29, 1.82) is 0 Å². The Hall–Kier alpha value is -5.77. The van der Waals surface area contributed by atoms with Crippen molar-refractivity contribution in [2.75, 3.05) is 0 Å².